The van der Waals surface area contributed by atoms with Crippen molar-refractivity contribution in [1.29, 1.82) is 0 Å². The molecule has 0 radical (unpaired) electrons. The normalized spacial score (nSPS) is 16.1. The zero-order valence-corrected chi connectivity index (χ0v) is 9.01. The molecule has 0 unspecified atom stereocenters. The highest BCUT2D eigenvalue weighted by atomic mass is 35.5. The Kier molecular flexibility index (Phi) is 2.74. The molecule has 0 aromatic heterocycles. The summed E-state index contributed by atoms with van der Waals surface area (Å²) in [5.41, 5.74) is 3.80. The second-order valence-corrected chi connectivity index (χ2v) is 4.14. The third kappa shape index (κ3) is 2.08. The molecule has 0 nitrogen and oxygen atoms in total. The van der Waals surface area contributed by atoms with Crippen molar-refractivity contribution in [3.8, 4) is 0 Å². The molecule has 14 heavy (non-hydrogen) atoms. The van der Waals surface area contributed by atoms with Crippen LogP contribution in [-0.4, -0.2) is 0 Å². The summed E-state index contributed by atoms with van der Waals surface area (Å²) in [6, 6.07) is 8.55. The molecule has 0 aliphatic heterocycles. The first kappa shape index (κ1) is 9.54. The lowest BCUT2D eigenvalue weighted by atomic mass is 9.99. The Hall–Kier alpha value is -1.01. The van der Waals surface area contributed by atoms with Gasteiger partial charge in [-0.3, -0.25) is 0 Å². The van der Waals surface area contributed by atoms with E-state index in [0.717, 1.165) is 17.9 Å². The van der Waals surface area contributed by atoms with Gasteiger partial charge in [-0.2, -0.15) is 0 Å². The van der Waals surface area contributed by atoms with E-state index in [1.807, 2.05) is 0 Å². The maximum Gasteiger partial charge on any atom is 0.0190 e. The minimum atomic E-state index is 0.961. The van der Waals surface area contributed by atoms with Gasteiger partial charge in [-0.15, -0.1) is 0 Å². The Bertz CT molecular complexity index is 382. The molecule has 0 amide bonds. The van der Waals surface area contributed by atoms with E-state index >= 15 is 0 Å². The quantitative estimate of drug-likeness (QED) is 0.640. The smallest absolute Gasteiger partial charge is 0.0190 e. The molecule has 1 aliphatic rings. The van der Waals surface area contributed by atoms with E-state index in [1.165, 1.54) is 16.7 Å². The van der Waals surface area contributed by atoms with Crippen molar-refractivity contribution in [2.24, 2.45) is 0 Å². The highest BCUT2D eigenvalue weighted by Crippen LogP contribution is 2.27. The largest absolute Gasteiger partial charge is 0.0891 e. The fraction of sp³-hybridized carbons (Fsp3) is 0.231. The van der Waals surface area contributed by atoms with Crippen LogP contribution in [0.1, 0.15) is 24.0 Å². The predicted molar refractivity (Wildman–Crippen MR) is 62.3 cm³/mol. The summed E-state index contributed by atoms with van der Waals surface area (Å²) in [7, 11) is 0. The van der Waals surface area contributed by atoms with E-state index in [4.69, 9.17) is 11.6 Å². The van der Waals surface area contributed by atoms with Crippen LogP contribution in [0.3, 0.4) is 0 Å². The molecular weight excluding hydrogens is 192 g/mol. The molecule has 1 aromatic carbocycles. The molecule has 0 bridgehead atoms. The van der Waals surface area contributed by atoms with Crippen molar-refractivity contribution < 1.29 is 0 Å². The van der Waals surface area contributed by atoms with Gasteiger partial charge in [0.2, 0.25) is 0 Å². The minimum absolute atomic E-state index is 0.961. The van der Waals surface area contributed by atoms with Gasteiger partial charge in [-0.05, 0) is 37.0 Å². The molecule has 1 aliphatic carbocycles. The zero-order chi connectivity index (χ0) is 9.97. The molecule has 2 rings (SSSR count). The minimum Gasteiger partial charge on any atom is -0.0891 e. The van der Waals surface area contributed by atoms with Crippen molar-refractivity contribution in [2.75, 3.05) is 0 Å². The molecule has 0 atom stereocenters. The molecule has 0 N–H and O–H groups in total. The first-order valence-corrected chi connectivity index (χ1v) is 5.27. The monoisotopic (exact) mass is 204 g/mol. The van der Waals surface area contributed by atoms with Crippen LogP contribution in [0.25, 0.3) is 5.57 Å². The van der Waals surface area contributed by atoms with Gasteiger partial charge in [-0.1, -0.05) is 47.5 Å². The summed E-state index contributed by atoms with van der Waals surface area (Å²) in [5.74, 6) is 0. The lowest BCUT2D eigenvalue weighted by Crippen LogP contribution is -1.88. The zero-order valence-electron chi connectivity index (χ0n) is 8.26. The van der Waals surface area contributed by atoms with E-state index in [2.05, 4.69) is 43.3 Å². The van der Waals surface area contributed by atoms with Gasteiger partial charge in [0.15, 0.2) is 0 Å². The number of allylic oxidation sites excluding steroid dienone is 4. The van der Waals surface area contributed by atoms with Gasteiger partial charge < -0.3 is 0 Å². The third-order valence-electron chi connectivity index (χ3n) is 2.44. The molecule has 0 saturated heterocycles. The van der Waals surface area contributed by atoms with Gasteiger partial charge in [0, 0.05) is 5.03 Å². The average molecular weight is 205 g/mol. The standard InChI is InChI=1S/C13H13Cl/c1-10-5-7-11(8-6-10)12-3-2-4-13(14)9-12/h3,5-9H,2,4H2,1H3. The van der Waals surface area contributed by atoms with Crippen LogP contribution in [0.5, 0.6) is 0 Å². The van der Waals surface area contributed by atoms with Crippen LogP contribution in [0.15, 0.2) is 41.4 Å². The van der Waals surface area contributed by atoms with Crippen molar-refractivity contribution >= 4 is 17.2 Å². The van der Waals surface area contributed by atoms with E-state index in [1.54, 1.807) is 0 Å². The first-order chi connectivity index (χ1) is 6.75. The van der Waals surface area contributed by atoms with E-state index < -0.39 is 0 Å². The van der Waals surface area contributed by atoms with Crippen LogP contribution >= 0.6 is 11.6 Å². The maximum atomic E-state index is 6.01. The Labute approximate surface area is 89.9 Å². The van der Waals surface area contributed by atoms with Crippen LogP contribution in [-0.2, 0) is 0 Å². The van der Waals surface area contributed by atoms with E-state index in [-0.39, 0.29) is 0 Å². The third-order valence-corrected chi connectivity index (χ3v) is 2.74. The second-order valence-electron chi connectivity index (χ2n) is 3.66. The summed E-state index contributed by atoms with van der Waals surface area (Å²) in [5, 5.41) is 0.961. The highest BCUT2D eigenvalue weighted by molar-refractivity contribution is 6.30. The van der Waals surface area contributed by atoms with Crippen molar-refractivity contribution in [3.63, 3.8) is 0 Å². The number of rotatable bonds is 1. The molecule has 72 valence electrons. The molecule has 0 spiro atoms. The summed E-state index contributed by atoms with van der Waals surface area (Å²) in [6.45, 7) is 2.10. The summed E-state index contributed by atoms with van der Waals surface area (Å²) >= 11 is 6.01. The first-order valence-electron chi connectivity index (χ1n) is 4.89. The molecular formula is C13H13Cl. The lowest BCUT2D eigenvalue weighted by molar-refractivity contribution is 1.02. The van der Waals surface area contributed by atoms with Crippen LogP contribution in [0.2, 0.25) is 0 Å². The van der Waals surface area contributed by atoms with E-state index in [9.17, 15) is 0 Å². The van der Waals surface area contributed by atoms with E-state index in [0.29, 0.717) is 0 Å². The molecule has 0 saturated carbocycles. The van der Waals surface area contributed by atoms with Crippen LogP contribution < -0.4 is 0 Å². The fourth-order valence-electron chi connectivity index (χ4n) is 1.61. The Morgan fingerprint density at radius 3 is 2.50 bits per heavy atom. The van der Waals surface area contributed by atoms with Crippen molar-refractivity contribution in [1.82, 2.24) is 0 Å². The number of hydrogen-bond donors (Lipinski definition) is 0. The molecule has 0 fully saturated rings. The summed E-state index contributed by atoms with van der Waals surface area (Å²) < 4.78 is 0. The van der Waals surface area contributed by atoms with Gasteiger partial charge in [0.1, 0.15) is 0 Å². The van der Waals surface area contributed by atoms with Crippen LogP contribution in [0.4, 0.5) is 0 Å². The number of halogens is 1. The second kappa shape index (κ2) is 4.02. The average Bonchev–Trinajstić information content (AvgIpc) is 2.19. The maximum absolute atomic E-state index is 6.01. The Balaban J connectivity index is 2.32. The summed E-state index contributed by atoms with van der Waals surface area (Å²) in [4.78, 5) is 0. The van der Waals surface area contributed by atoms with Gasteiger partial charge in [0.25, 0.3) is 0 Å². The van der Waals surface area contributed by atoms with Crippen LogP contribution in [0, 0.1) is 6.92 Å². The molecule has 0 heterocycles. The topological polar surface area (TPSA) is 0 Å². The highest BCUT2D eigenvalue weighted by Gasteiger charge is 2.04. The molecule has 1 aromatic rings. The SMILES string of the molecule is Cc1ccc(C2=CCCC(Cl)=C2)cc1. The Morgan fingerprint density at radius 2 is 1.86 bits per heavy atom. The number of hydrogen-bond acceptors (Lipinski definition) is 0. The predicted octanol–water partition coefficient (Wildman–Crippen LogP) is 4.29. The molecule has 1 heteroatoms. The Morgan fingerprint density at radius 1 is 1.14 bits per heavy atom. The number of benzene rings is 1. The fourth-order valence-corrected chi connectivity index (χ4v) is 1.84. The van der Waals surface area contributed by atoms with Gasteiger partial charge >= 0.3 is 0 Å². The number of aryl methyl sites for hydroxylation is 1. The lowest BCUT2D eigenvalue weighted by Gasteiger charge is -2.09. The van der Waals surface area contributed by atoms with Crippen molar-refractivity contribution in [2.45, 2.75) is 19.8 Å². The summed E-state index contributed by atoms with van der Waals surface area (Å²) in [6.07, 6.45) is 6.35. The van der Waals surface area contributed by atoms with Gasteiger partial charge in [-0.25, -0.2) is 0 Å². The van der Waals surface area contributed by atoms with Gasteiger partial charge in [0.05, 0.1) is 0 Å². The van der Waals surface area contributed by atoms with Crippen molar-refractivity contribution in [3.05, 3.63) is 52.6 Å².